The molecule has 1 aliphatic heterocycles. The fourth-order valence-corrected chi connectivity index (χ4v) is 4.19. The number of hydrogen-bond acceptors (Lipinski definition) is 4. The van der Waals surface area contributed by atoms with Crippen LogP contribution in [0.15, 0.2) is 32.6 Å². The van der Waals surface area contributed by atoms with E-state index < -0.39 is 0 Å². The Labute approximate surface area is 148 Å². The highest BCUT2D eigenvalue weighted by atomic mass is 79.9. The lowest BCUT2D eigenvalue weighted by atomic mass is 10.2. The van der Waals surface area contributed by atoms with E-state index in [9.17, 15) is 4.79 Å². The van der Waals surface area contributed by atoms with Crippen LogP contribution in [0.2, 0.25) is 0 Å². The molecule has 0 unspecified atom stereocenters. The van der Waals surface area contributed by atoms with Crippen molar-refractivity contribution in [2.75, 3.05) is 12.4 Å². The van der Waals surface area contributed by atoms with E-state index in [-0.39, 0.29) is 11.7 Å². The van der Waals surface area contributed by atoms with Gasteiger partial charge in [-0.15, -0.1) is 0 Å². The van der Waals surface area contributed by atoms with Crippen LogP contribution in [-0.2, 0) is 11.3 Å². The Hall–Kier alpha value is -0.850. The summed E-state index contributed by atoms with van der Waals surface area (Å²) in [6.45, 7) is 5.77. The number of rotatable bonds is 5. The van der Waals surface area contributed by atoms with Crippen molar-refractivity contribution in [2.24, 2.45) is 5.92 Å². The third-order valence-corrected chi connectivity index (χ3v) is 5.45. The Bertz CT molecular complexity index is 754. The van der Waals surface area contributed by atoms with Crippen LogP contribution < -0.4 is 5.56 Å². The number of aromatic nitrogens is 2. The van der Waals surface area contributed by atoms with Crippen molar-refractivity contribution in [3.05, 3.63) is 33.0 Å². The van der Waals surface area contributed by atoms with Crippen LogP contribution >= 0.6 is 27.7 Å². The van der Waals surface area contributed by atoms with E-state index in [0.29, 0.717) is 17.8 Å². The minimum Gasteiger partial charge on any atom is -0.377 e. The maximum absolute atomic E-state index is 12.9. The van der Waals surface area contributed by atoms with Gasteiger partial charge in [0.05, 0.1) is 17.0 Å². The van der Waals surface area contributed by atoms with Crippen LogP contribution in [0.3, 0.4) is 0 Å². The van der Waals surface area contributed by atoms with E-state index in [1.54, 1.807) is 11.8 Å². The average molecular weight is 397 g/mol. The average Bonchev–Trinajstić information content (AvgIpc) is 3.02. The number of benzene rings is 1. The smallest absolute Gasteiger partial charge is 0.262 e. The lowest BCUT2D eigenvalue weighted by molar-refractivity contribution is 0.129. The van der Waals surface area contributed by atoms with Gasteiger partial charge in [-0.2, -0.15) is 0 Å². The molecule has 23 heavy (non-hydrogen) atoms. The molecule has 3 rings (SSSR count). The fourth-order valence-electron chi connectivity index (χ4n) is 2.75. The Morgan fingerprint density at radius 1 is 1.48 bits per heavy atom. The SMILES string of the molecule is CC(C)Cn1c(SC[C@H]2CCCO2)nc2ccc(Br)cc2c1=O. The Morgan fingerprint density at radius 2 is 2.30 bits per heavy atom. The van der Waals surface area contributed by atoms with Crippen LogP contribution in [0.25, 0.3) is 10.9 Å². The molecule has 0 bridgehead atoms. The normalized spacial score (nSPS) is 18.2. The summed E-state index contributed by atoms with van der Waals surface area (Å²) in [5, 5.41) is 1.47. The minimum absolute atomic E-state index is 0.0415. The molecule has 0 aliphatic carbocycles. The van der Waals surface area contributed by atoms with Crippen molar-refractivity contribution in [3.8, 4) is 0 Å². The van der Waals surface area contributed by atoms with Gasteiger partial charge in [-0.25, -0.2) is 4.98 Å². The van der Waals surface area contributed by atoms with Gasteiger partial charge in [-0.1, -0.05) is 41.5 Å². The van der Waals surface area contributed by atoms with Gasteiger partial charge in [0.25, 0.3) is 5.56 Å². The minimum atomic E-state index is 0.0415. The number of halogens is 1. The quantitative estimate of drug-likeness (QED) is 0.563. The monoisotopic (exact) mass is 396 g/mol. The second kappa shape index (κ2) is 7.36. The van der Waals surface area contributed by atoms with Crippen molar-refractivity contribution < 1.29 is 4.74 Å². The molecule has 1 aliphatic rings. The first-order chi connectivity index (χ1) is 11.0. The second-order valence-corrected chi connectivity index (χ2v) is 8.21. The van der Waals surface area contributed by atoms with Crippen molar-refractivity contribution >= 4 is 38.6 Å². The molecule has 124 valence electrons. The lowest BCUT2D eigenvalue weighted by Crippen LogP contribution is -2.26. The van der Waals surface area contributed by atoms with E-state index in [0.717, 1.165) is 40.3 Å². The van der Waals surface area contributed by atoms with Crippen molar-refractivity contribution in [3.63, 3.8) is 0 Å². The van der Waals surface area contributed by atoms with E-state index in [1.807, 2.05) is 22.8 Å². The molecule has 0 spiro atoms. The van der Waals surface area contributed by atoms with Gasteiger partial charge in [0, 0.05) is 23.4 Å². The standard InChI is InChI=1S/C17H21BrN2O2S/c1-11(2)9-20-16(21)14-8-12(18)5-6-15(14)19-17(20)23-10-13-4-3-7-22-13/h5-6,8,11,13H,3-4,7,9-10H2,1-2H3/t13-/m1/s1. The molecule has 1 saturated heterocycles. The number of fused-ring (bicyclic) bond motifs is 1. The predicted octanol–water partition coefficient (Wildman–Crippen LogP) is 4.09. The Morgan fingerprint density at radius 3 is 3.00 bits per heavy atom. The number of thioether (sulfide) groups is 1. The molecular weight excluding hydrogens is 376 g/mol. The van der Waals surface area contributed by atoms with E-state index >= 15 is 0 Å². The van der Waals surface area contributed by atoms with Crippen molar-refractivity contribution in [1.29, 1.82) is 0 Å². The molecule has 6 heteroatoms. The van der Waals surface area contributed by atoms with E-state index in [2.05, 4.69) is 29.8 Å². The van der Waals surface area contributed by atoms with Gasteiger partial charge in [-0.05, 0) is 37.0 Å². The largest absolute Gasteiger partial charge is 0.377 e. The number of hydrogen-bond donors (Lipinski definition) is 0. The first-order valence-corrected chi connectivity index (χ1v) is 9.77. The van der Waals surface area contributed by atoms with Crippen molar-refractivity contribution in [2.45, 2.75) is 44.5 Å². The lowest BCUT2D eigenvalue weighted by Gasteiger charge is -2.16. The Kier molecular flexibility index (Phi) is 5.44. The zero-order valence-electron chi connectivity index (χ0n) is 13.4. The van der Waals surface area contributed by atoms with Gasteiger partial charge in [0.15, 0.2) is 5.16 Å². The fraction of sp³-hybridized carbons (Fsp3) is 0.529. The van der Waals surface area contributed by atoms with Crippen LogP contribution in [0.1, 0.15) is 26.7 Å². The molecule has 2 heterocycles. The highest BCUT2D eigenvalue weighted by molar-refractivity contribution is 9.10. The van der Waals surface area contributed by atoms with Crippen molar-refractivity contribution in [1.82, 2.24) is 9.55 Å². The summed E-state index contributed by atoms with van der Waals surface area (Å²) in [6, 6.07) is 5.68. The summed E-state index contributed by atoms with van der Waals surface area (Å²) in [5.41, 5.74) is 0.799. The molecular formula is C17H21BrN2O2S. The molecule has 1 fully saturated rings. The topological polar surface area (TPSA) is 44.1 Å². The molecule has 1 aromatic heterocycles. The molecule has 0 N–H and O–H groups in total. The van der Waals surface area contributed by atoms with Crippen LogP contribution in [0, 0.1) is 5.92 Å². The number of nitrogens with zero attached hydrogens (tertiary/aromatic N) is 2. The van der Waals surface area contributed by atoms with Gasteiger partial charge >= 0.3 is 0 Å². The first kappa shape index (κ1) is 17.0. The maximum Gasteiger partial charge on any atom is 0.262 e. The van der Waals surface area contributed by atoms with Gasteiger partial charge in [-0.3, -0.25) is 9.36 Å². The van der Waals surface area contributed by atoms with Gasteiger partial charge < -0.3 is 4.74 Å². The molecule has 0 amide bonds. The highest BCUT2D eigenvalue weighted by Gasteiger charge is 2.18. The predicted molar refractivity (Wildman–Crippen MR) is 98.2 cm³/mol. The second-order valence-electron chi connectivity index (χ2n) is 6.31. The summed E-state index contributed by atoms with van der Waals surface area (Å²) in [7, 11) is 0. The third-order valence-electron chi connectivity index (χ3n) is 3.85. The molecule has 1 aromatic carbocycles. The van der Waals surface area contributed by atoms with Gasteiger partial charge in [0.1, 0.15) is 0 Å². The first-order valence-electron chi connectivity index (χ1n) is 7.99. The van der Waals surface area contributed by atoms with Gasteiger partial charge in [0.2, 0.25) is 0 Å². The molecule has 0 saturated carbocycles. The molecule has 4 nitrogen and oxygen atoms in total. The van der Waals surface area contributed by atoms with Crippen LogP contribution in [0.4, 0.5) is 0 Å². The molecule has 0 radical (unpaired) electrons. The molecule has 2 aromatic rings. The molecule has 1 atom stereocenters. The van der Waals surface area contributed by atoms with E-state index in [4.69, 9.17) is 9.72 Å². The summed E-state index contributed by atoms with van der Waals surface area (Å²) < 4.78 is 8.41. The zero-order chi connectivity index (χ0) is 16.4. The van der Waals surface area contributed by atoms with Crippen LogP contribution in [-0.4, -0.2) is 28.0 Å². The van der Waals surface area contributed by atoms with E-state index in [1.165, 1.54) is 0 Å². The maximum atomic E-state index is 12.9. The highest BCUT2D eigenvalue weighted by Crippen LogP contribution is 2.24. The third kappa shape index (κ3) is 3.98. The summed E-state index contributed by atoms with van der Waals surface area (Å²) >= 11 is 5.07. The summed E-state index contributed by atoms with van der Waals surface area (Å²) in [6.07, 6.45) is 2.51. The Balaban J connectivity index is 1.99. The number of ether oxygens (including phenoxy) is 1. The summed E-state index contributed by atoms with van der Waals surface area (Å²) in [4.78, 5) is 17.6. The summed E-state index contributed by atoms with van der Waals surface area (Å²) in [5.74, 6) is 1.24. The zero-order valence-corrected chi connectivity index (χ0v) is 15.8. The van der Waals surface area contributed by atoms with Crippen LogP contribution in [0.5, 0.6) is 0 Å².